The number of likely N-dealkylation sites (tertiary alicyclic amines) is 1. The van der Waals surface area contributed by atoms with Gasteiger partial charge in [0.15, 0.2) is 22.9 Å². The molecular weight excluding hydrogens is 696 g/mol. The summed E-state index contributed by atoms with van der Waals surface area (Å²) in [5, 5.41) is 13.4. The van der Waals surface area contributed by atoms with E-state index >= 15 is 8.78 Å². The number of halogens is 5. The average molecular weight is 725 g/mol. The van der Waals surface area contributed by atoms with Gasteiger partial charge in [0.1, 0.15) is 29.8 Å². The van der Waals surface area contributed by atoms with Gasteiger partial charge in [0.25, 0.3) is 6.43 Å². The zero-order valence-corrected chi connectivity index (χ0v) is 28.2. The van der Waals surface area contributed by atoms with Gasteiger partial charge >= 0.3 is 11.7 Å². The Hall–Kier alpha value is -5.29. The van der Waals surface area contributed by atoms with E-state index in [-0.39, 0.29) is 34.6 Å². The van der Waals surface area contributed by atoms with Crippen LogP contribution in [0.25, 0.3) is 11.1 Å². The van der Waals surface area contributed by atoms with Crippen molar-refractivity contribution >= 4 is 17.7 Å². The number of alkyl halides is 2. The van der Waals surface area contributed by atoms with E-state index in [0.29, 0.717) is 29.6 Å². The van der Waals surface area contributed by atoms with E-state index in [2.05, 4.69) is 5.10 Å². The second kappa shape index (κ2) is 12.5. The van der Waals surface area contributed by atoms with Crippen LogP contribution >= 0.6 is 11.6 Å². The molecule has 7 rings (SSSR count). The highest BCUT2D eigenvalue weighted by atomic mass is 35.5. The lowest BCUT2D eigenvalue weighted by Crippen LogP contribution is -2.53. The number of ether oxygens (including phenoxy) is 4. The predicted octanol–water partition coefficient (Wildman–Crippen LogP) is 8.11. The molecule has 51 heavy (non-hydrogen) atoms. The maximum Gasteiger partial charge on any atom is 0.410 e. The Morgan fingerprint density at radius 2 is 1.84 bits per heavy atom. The molecule has 2 atom stereocenters. The fourth-order valence-corrected chi connectivity index (χ4v) is 7.19. The van der Waals surface area contributed by atoms with Crippen molar-refractivity contribution in [3.63, 3.8) is 0 Å². The van der Waals surface area contributed by atoms with Gasteiger partial charge < -0.3 is 23.8 Å². The molecule has 0 N–H and O–H groups in total. The Balaban J connectivity index is 1.37. The minimum absolute atomic E-state index is 0.0131. The molecule has 0 unspecified atom stereocenters. The number of amides is 1. The van der Waals surface area contributed by atoms with Crippen molar-refractivity contribution in [3.8, 4) is 45.9 Å². The molecule has 0 aliphatic carbocycles. The summed E-state index contributed by atoms with van der Waals surface area (Å²) in [6.07, 6.45) is -1.41. The molecule has 1 aromatic heterocycles. The second-order valence-corrected chi connectivity index (χ2v) is 13.7. The number of hydrogen-bond acceptors (Lipinski definition) is 8. The molecule has 0 bridgehead atoms. The summed E-state index contributed by atoms with van der Waals surface area (Å²) in [5.41, 5.74) is -3.18. The van der Waals surface area contributed by atoms with E-state index in [0.717, 1.165) is 18.3 Å². The fraction of sp³-hybridized carbons (Fsp3) is 0.333. The molecule has 3 aliphatic heterocycles. The first-order valence-corrected chi connectivity index (χ1v) is 16.4. The van der Waals surface area contributed by atoms with Gasteiger partial charge in [-0.05, 0) is 39.2 Å². The van der Waals surface area contributed by atoms with E-state index in [4.69, 9.17) is 30.5 Å². The largest absolute Gasteiger partial charge is 0.480 e. The molecule has 15 heteroatoms. The summed E-state index contributed by atoms with van der Waals surface area (Å²) in [4.78, 5) is 27.9. The third-order valence-corrected chi connectivity index (χ3v) is 9.33. The number of benzene rings is 3. The van der Waals surface area contributed by atoms with Crippen LogP contribution in [0.15, 0.2) is 53.5 Å². The van der Waals surface area contributed by atoms with Crippen LogP contribution < -0.4 is 19.8 Å². The Morgan fingerprint density at radius 3 is 2.53 bits per heavy atom. The van der Waals surface area contributed by atoms with Crippen LogP contribution in [-0.2, 0) is 23.3 Å². The van der Waals surface area contributed by atoms with Gasteiger partial charge in [0, 0.05) is 41.8 Å². The molecule has 3 aromatic carbocycles. The zero-order valence-electron chi connectivity index (χ0n) is 27.4. The van der Waals surface area contributed by atoms with Crippen LogP contribution in [0.1, 0.15) is 50.3 Å². The van der Waals surface area contributed by atoms with Gasteiger partial charge in [-0.3, -0.25) is 4.79 Å². The highest BCUT2D eigenvalue weighted by molar-refractivity contribution is 6.34. The van der Waals surface area contributed by atoms with Crippen LogP contribution in [0.5, 0.6) is 28.7 Å². The number of fused-ring (bicyclic) bond motifs is 3. The highest BCUT2D eigenvalue weighted by Gasteiger charge is 2.54. The van der Waals surface area contributed by atoms with Crippen molar-refractivity contribution in [2.24, 2.45) is 0 Å². The van der Waals surface area contributed by atoms with Crippen molar-refractivity contribution in [1.29, 1.82) is 5.26 Å². The minimum Gasteiger partial charge on any atom is -0.480 e. The van der Waals surface area contributed by atoms with Crippen LogP contribution in [0.2, 0.25) is 5.02 Å². The number of aromatic nitrogens is 2. The average Bonchev–Trinajstić information content (AvgIpc) is 3.73. The van der Waals surface area contributed by atoms with Gasteiger partial charge in [-0.1, -0.05) is 41.9 Å². The van der Waals surface area contributed by atoms with Crippen LogP contribution in [0.3, 0.4) is 0 Å². The predicted molar refractivity (Wildman–Crippen MR) is 175 cm³/mol. The van der Waals surface area contributed by atoms with Crippen molar-refractivity contribution in [2.75, 3.05) is 6.54 Å². The molecule has 4 aromatic rings. The maximum atomic E-state index is 16.8. The molecule has 0 saturated carbocycles. The normalized spacial score (nSPS) is 19.0. The van der Waals surface area contributed by atoms with Crippen molar-refractivity contribution in [1.82, 2.24) is 14.7 Å². The number of nitrogens with zero attached hydrogens (tertiary/aromatic N) is 4. The minimum atomic E-state index is -2.90. The summed E-state index contributed by atoms with van der Waals surface area (Å²) in [6, 6.07) is 12.5. The summed E-state index contributed by atoms with van der Waals surface area (Å²) >= 11 is 6.63. The van der Waals surface area contributed by atoms with E-state index < -0.39 is 81.3 Å². The lowest BCUT2D eigenvalue weighted by Gasteiger charge is -2.40. The molecule has 10 nitrogen and oxygen atoms in total. The van der Waals surface area contributed by atoms with Gasteiger partial charge in [-0.2, -0.15) is 10.4 Å². The molecule has 4 heterocycles. The maximum absolute atomic E-state index is 16.8. The molecule has 1 amide bonds. The van der Waals surface area contributed by atoms with Gasteiger partial charge in [0.05, 0.1) is 22.8 Å². The van der Waals surface area contributed by atoms with E-state index in [1.165, 1.54) is 0 Å². The first-order valence-electron chi connectivity index (χ1n) is 16.0. The Bertz CT molecular complexity index is 2190. The van der Waals surface area contributed by atoms with Crippen LogP contribution in [0.4, 0.5) is 22.4 Å². The third-order valence-electron chi connectivity index (χ3n) is 8.96. The SMILES string of the molecule is CC(C)(C)OC(=O)N1CCC[C@H]1[C@@]1(c2ccccc2)Cc2c(cc(F)c(Cl)c2-c2c(C#N)cc3c(c2F)Oc2cnn(CC(F)F)c(=O)c2O3)O1. The Kier molecular flexibility index (Phi) is 8.37. The summed E-state index contributed by atoms with van der Waals surface area (Å²) in [7, 11) is 0. The van der Waals surface area contributed by atoms with Gasteiger partial charge in [-0.25, -0.2) is 27.0 Å². The standard InChI is InChI=1S/C36H29ClF4N4O6/c1-35(2,3)51-34(47)44-11-7-10-25(44)36(19-8-5-4-6-9-19)14-20-22(50-36)13-21(38)29(37)28(20)27-18(15-42)12-23-31(30(27)41)49-24-16-43-45(17-26(39)40)33(46)32(24)48-23/h4-6,8-9,12-13,16,25-26H,7,10-11,14,17H2,1-3H3/t25-,36-/m0/s1. The first-order chi connectivity index (χ1) is 24.2. The monoisotopic (exact) mass is 724 g/mol. The highest BCUT2D eigenvalue weighted by Crippen LogP contribution is 2.55. The molecule has 1 saturated heterocycles. The third kappa shape index (κ3) is 5.79. The number of rotatable bonds is 5. The van der Waals surface area contributed by atoms with Crippen molar-refractivity contribution < 1.29 is 41.3 Å². The van der Waals surface area contributed by atoms with Gasteiger partial charge in [-0.15, -0.1) is 0 Å². The van der Waals surface area contributed by atoms with Crippen molar-refractivity contribution in [2.45, 2.75) is 70.2 Å². The smallest absolute Gasteiger partial charge is 0.410 e. The number of hydrogen-bond donors (Lipinski definition) is 0. The van der Waals surface area contributed by atoms with Crippen LogP contribution in [-0.4, -0.2) is 45.4 Å². The molecule has 0 radical (unpaired) electrons. The summed E-state index contributed by atoms with van der Waals surface area (Å²) in [6.45, 7) is 4.62. The lowest BCUT2D eigenvalue weighted by molar-refractivity contribution is -0.0216. The number of carbonyl (C=O) groups is 1. The Labute approximate surface area is 293 Å². The first kappa shape index (κ1) is 34.2. The molecule has 0 spiro atoms. The molecule has 1 fully saturated rings. The zero-order chi connectivity index (χ0) is 36.4. The summed E-state index contributed by atoms with van der Waals surface area (Å²) in [5.74, 6) is -3.97. The van der Waals surface area contributed by atoms with E-state index in [1.54, 1.807) is 37.8 Å². The van der Waals surface area contributed by atoms with Crippen molar-refractivity contribution in [3.05, 3.63) is 92.4 Å². The van der Waals surface area contributed by atoms with E-state index in [1.807, 2.05) is 24.3 Å². The van der Waals surface area contributed by atoms with Gasteiger partial charge in [0.2, 0.25) is 11.5 Å². The lowest BCUT2D eigenvalue weighted by atomic mass is 9.79. The topological polar surface area (TPSA) is 116 Å². The number of carbonyl (C=O) groups excluding carboxylic acids is 1. The molecule has 3 aliphatic rings. The molecule has 264 valence electrons. The number of nitriles is 1. The van der Waals surface area contributed by atoms with E-state index in [9.17, 15) is 23.6 Å². The molecular formula is C36H29ClF4N4O6. The van der Waals surface area contributed by atoms with Crippen LogP contribution in [0, 0.1) is 23.0 Å². The quantitative estimate of drug-likeness (QED) is 0.167. The fourth-order valence-electron chi connectivity index (χ4n) is 6.93. The Morgan fingerprint density at radius 1 is 1.12 bits per heavy atom. The summed E-state index contributed by atoms with van der Waals surface area (Å²) < 4.78 is 82.7. The second-order valence-electron chi connectivity index (χ2n) is 13.4.